The molecule has 2 aromatic heterocycles. The van der Waals surface area contributed by atoms with E-state index in [1.807, 2.05) is 114 Å². The maximum atomic E-state index is 12.8. The molecule has 2 aliphatic heterocycles. The van der Waals surface area contributed by atoms with E-state index in [0.29, 0.717) is 72.6 Å². The Labute approximate surface area is 377 Å². The number of fused-ring (bicyclic) bond motifs is 8. The summed E-state index contributed by atoms with van der Waals surface area (Å²) in [6, 6.07) is 33.2. The molecule has 0 saturated heterocycles. The third kappa shape index (κ3) is 10.6. The van der Waals surface area contributed by atoms with Gasteiger partial charge in [-0.25, -0.2) is 14.4 Å². The van der Waals surface area contributed by atoms with Crippen LogP contribution < -0.4 is 41.7 Å². The van der Waals surface area contributed by atoms with Crippen LogP contribution in [-0.4, -0.2) is 64.4 Å². The predicted molar refractivity (Wildman–Crippen MR) is 251 cm³/mol. The number of rotatable bonds is 13. The molecule has 0 aliphatic carbocycles. The van der Waals surface area contributed by atoms with E-state index in [1.165, 1.54) is 12.1 Å². The second kappa shape index (κ2) is 20.7. The molecule has 0 fully saturated rings. The van der Waals surface area contributed by atoms with Crippen molar-refractivity contribution in [1.82, 2.24) is 4.90 Å². The Hall–Kier alpha value is -6.93. The van der Waals surface area contributed by atoms with Crippen LogP contribution in [0.5, 0.6) is 28.7 Å². The molecule has 0 bridgehead atoms. The lowest BCUT2D eigenvalue weighted by Gasteiger charge is -2.36. The molecule has 65 heavy (non-hydrogen) atoms. The van der Waals surface area contributed by atoms with Crippen LogP contribution in [0.3, 0.4) is 0 Å². The fourth-order valence-electron chi connectivity index (χ4n) is 7.76. The molecular weight excluding hydrogens is 827 g/mol. The number of carbonyl (C=O) groups excluding carboxylic acids is 1. The van der Waals surface area contributed by atoms with Gasteiger partial charge in [0.05, 0.1) is 25.4 Å². The second-order valence-electron chi connectivity index (χ2n) is 16.2. The minimum Gasteiger partial charge on any atom is -0.493 e. The van der Waals surface area contributed by atoms with Gasteiger partial charge in [0.1, 0.15) is 39.9 Å². The van der Waals surface area contributed by atoms with Gasteiger partial charge in [-0.1, -0.05) is 30.3 Å². The van der Waals surface area contributed by atoms with Gasteiger partial charge in [0, 0.05) is 64.3 Å². The van der Waals surface area contributed by atoms with Crippen molar-refractivity contribution in [3.05, 3.63) is 169 Å². The monoisotopic (exact) mass is 881 g/mol. The fourth-order valence-corrected chi connectivity index (χ4v) is 7.76. The number of hydrogen-bond acceptors (Lipinski definition) is 13. The molecule has 9 rings (SSSR count). The summed E-state index contributed by atoms with van der Waals surface area (Å²) in [5, 5.41) is 1.87. The zero-order valence-electron chi connectivity index (χ0n) is 37.4. The Morgan fingerprint density at radius 3 is 1.65 bits per heavy atom. The van der Waals surface area contributed by atoms with Gasteiger partial charge in [-0.05, 0) is 132 Å². The van der Waals surface area contributed by atoms with Crippen molar-refractivity contribution in [2.45, 2.75) is 45.6 Å². The molecule has 0 saturated carbocycles. The first-order valence-corrected chi connectivity index (χ1v) is 21.7. The number of ether oxygens (including phenoxy) is 5. The van der Waals surface area contributed by atoms with Crippen LogP contribution >= 0.6 is 0 Å². The molecule has 1 unspecified atom stereocenters. The van der Waals surface area contributed by atoms with Gasteiger partial charge in [-0.15, -0.1) is 0 Å². The van der Waals surface area contributed by atoms with Gasteiger partial charge in [0.25, 0.3) is 0 Å². The first-order chi connectivity index (χ1) is 31.4. The third-order valence-corrected chi connectivity index (χ3v) is 10.9. The highest BCUT2D eigenvalue weighted by Crippen LogP contribution is 2.56. The third-order valence-electron chi connectivity index (χ3n) is 10.9. The Balaban J connectivity index is 0.000000153. The number of nitrogens with zero attached hydrogens (tertiary/aromatic N) is 1. The van der Waals surface area contributed by atoms with E-state index in [1.54, 1.807) is 18.2 Å². The van der Waals surface area contributed by atoms with Gasteiger partial charge in [0.2, 0.25) is 0 Å². The second-order valence-corrected chi connectivity index (χ2v) is 16.2. The Bertz CT molecular complexity index is 2920. The molecule has 338 valence electrons. The van der Waals surface area contributed by atoms with Gasteiger partial charge < -0.3 is 48.9 Å². The topological polar surface area (TPSA) is 179 Å². The lowest BCUT2D eigenvalue weighted by molar-refractivity contribution is 0.0224. The summed E-state index contributed by atoms with van der Waals surface area (Å²) in [4.78, 5) is 37.5. The molecular formula is C52H55N3O10. The van der Waals surface area contributed by atoms with E-state index in [4.69, 9.17) is 44.0 Å². The van der Waals surface area contributed by atoms with Gasteiger partial charge in [-0.2, -0.15) is 0 Å². The molecule has 1 spiro atoms. The summed E-state index contributed by atoms with van der Waals surface area (Å²) >= 11 is 0. The number of carbonyl (C=O) groups is 1. The molecule has 13 heteroatoms. The van der Waals surface area contributed by atoms with Crippen molar-refractivity contribution >= 4 is 27.9 Å². The molecule has 4 heterocycles. The highest BCUT2D eigenvalue weighted by molar-refractivity contribution is 5.97. The predicted octanol–water partition coefficient (Wildman–Crippen LogP) is 8.55. The Morgan fingerprint density at radius 2 is 1.08 bits per heavy atom. The number of benzene rings is 5. The van der Waals surface area contributed by atoms with E-state index < -0.39 is 5.60 Å². The van der Waals surface area contributed by atoms with E-state index in [0.717, 1.165) is 75.7 Å². The van der Waals surface area contributed by atoms with Gasteiger partial charge in [-0.3, -0.25) is 0 Å². The highest BCUT2D eigenvalue weighted by Gasteiger charge is 2.53. The van der Waals surface area contributed by atoms with E-state index >= 15 is 0 Å². The van der Waals surface area contributed by atoms with Gasteiger partial charge >= 0.3 is 17.2 Å². The van der Waals surface area contributed by atoms with Crippen LogP contribution in [0.4, 0.5) is 0 Å². The SMILES string of the molecule is Cc1cc(=O)oc2cc(OCCCN(C)C)ccc12.Cc1cc(=O)oc2cc(OCCCN)ccc12.Cc1ccc2c(c1)Oc1cc(OCCCN)ccc1C21OC(=O)c2ccccc21. The molecule has 2 aliphatic rings. The average molecular weight is 882 g/mol. The summed E-state index contributed by atoms with van der Waals surface area (Å²) in [5.41, 5.74) is 16.3. The summed E-state index contributed by atoms with van der Waals surface area (Å²) in [7, 11) is 4.07. The summed E-state index contributed by atoms with van der Waals surface area (Å²) in [6.07, 6.45) is 2.54. The van der Waals surface area contributed by atoms with Crippen LogP contribution in [0.2, 0.25) is 0 Å². The van der Waals surface area contributed by atoms with Crippen molar-refractivity contribution < 1.29 is 37.3 Å². The zero-order chi connectivity index (χ0) is 46.1. The molecule has 4 N–H and O–H groups in total. The fraction of sp³-hybridized carbons (Fsp3) is 0.288. The number of aryl methyl sites for hydroxylation is 3. The van der Waals surface area contributed by atoms with Crippen LogP contribution in [0.25, 0.3) is 21.9 Å². The molecule has 1 atom stereocenters. The van der Waals surface area contributed by atoms with Crippen molar-refractivity contribution in [1.29, 1.82) is 0 Å². The van der Waals surface area contributed by atoms with E-state index in [2.05, 4.69) is 4.90 Å². The lowest BCUT2D eigenvalue weighted by atomic mass is 9.77. The lowest BCUT2D eigenvalue weighted by Crippen LogP contribution is -2.33. The summed E-state index contributed by atoms with van der Waals surface area (Å²) < 4.78 is 39.6. The van der Waals surface area contributed by atoms with Crippen LogP contribution in [0.1, 0.15) is 63.0 Å². The molecule has 5 aromatic carbocycles. The normalized spacial score (nSPS) is 14.3. The minimum atomic E-state index is -1.03. The van der Waals surface area contributed by atoms with Crippen molar-refractivity contribution in [2.75, 3.05) is 53.6 Å². The van der Waals surface area contributed by atoms with Crippen molar-refractivity contribution in [2.24, 2.45) is 11.5 Å². The molecule has 13 nitrogen and oxygen atoms in total. The average Bonchev–Trinajstić information content (AvgIpc) is 3.57. The summed E-state index contributed by atoms with van der Waals surface area (Å²) in [6.45, 7) is 9.71. The molecule has 0 amide bonds. The standard InChI is InChI=1S/C24H21NO4.C15H19NO3.C13H15NO3/c1-15-7-9-19-21(13-15)28-22-14-16(27-12-4-11-25)8-10-20(22)24(19)18-6-3-2-5-17(18)23(26)29-24;1-11-9-15(17)19-14-10-12(5-6-13(11)14)18-8-4-7-16(2)3;1-9-7-13(15)17-12-8-10(3-4-11(9)12)16-6-2-5-14/h2-3,5-10,13-14H,4,11-12,25H2,1H3;5-6,9-10H,4,7-8H2,1-3H3;3-4,7-8H,2,5-6,14H2,1H3. The van der Waals surface area contributed by atoms with E-state index in [9.17, 15) is 14.4 Å². The maximum Gasteiger partial charge on any atom is 0.340 e. The van der Waals surface area contributed by atoms with E-state index in [-0.39, 0.29) is 17.2 Å². The van der Waals surface area contributed by atoms with Crippen molar-refractivity contribution in [3.63, 3.8) is 0 Å². The van der Waals surface area contributed by atoms with Crippen LogP contribution in [-0.2, 0) is 10.3 Å². The Kier molecular flexibility index (Phi) is 14.7. The number of esters is 1. The maximum absolute atomic E-state index is 12.8. The number of hydrogen-bond donors (Lipinski definition) is 2. The quantitative estimate of drug-likeness (QED) is 0.0640. The van der Waals surface area contributed by atoms with Crippen LogP contribution in [0, 0.1) is 20.8 Å². The Morgan fingerprint density at radius 1 is 0.569 bits per heavy atom. The van der Waals surface area contributed by atoms with Crippen LogP contribution in [0.15, 0.2) is 128 Å². The first kappa shape index (κ1) is 46.1. The highest BCUT2D eigenvalue weighted by atomic mass is 16.6. The molecule has 7 aromatic rings. The minimum absolute atomic E-state index is 0.324. The van der Waals surface area contributed by atoms with Gasteiger partial charge in [0.15, 0.2) is 5.60 Å². The smallest absolute Gasteiger partial charge is 0.340 e. The largest absolute Gasteiger partial charge is 0.493 e. The molecule has 0 radical (unpaired) electrons. The first-order valence-electron chi connectivity index (χ1n) is 21.7. The summed E-state index contributed by atoms with van der Waals surface area (Å²) in [5.74, 6) is 3.10. The zero-order valence-corrected chi connectivity index (χ0v) is 37.4. The van der Waals surface area contributed by atoms with Crippen molar-refractivity contribution in [3.8, 4) is 28.7 Å². The number of nitrogens with two attached hydrogens (primary N) is 2.